The molecule has 1 amide bonds. The third-order valence-corrected chi connectivity index (χ3v) is 5.93. The molecule has 2 N–H and O–H groups in total. The van der Waals surface area contributed by atoms with Crippen LogP contribution in [0.1, 0.15) is 29.9 Å². The van der Waals surface area contributed by atoms with Crippen molar-refractivity contribution in [1.29, 1.82) is 0 Å². The molecule has 2 unspecified atom stereocenters. The van der Waals surface area contributed by atoms with E-state index in [1.165, 1.54) is 12.1 Å². The fraction of sp³-hybridized carbons (Fsp3) is 0.409. The second kappa shape index (κ2) is 7.89. The molecule has 2 fully saturated rings. The molecule has 2 aliphatic heterocycles. The molecule has 0 saturated carbocycles. The molecular formula is C22H25FN2O3. The molecule has 2 aliphatic rings. The largest absolute Gasteiger partial charge is 0.508 e. The molecule has 0 bridgehead atoms. The van der Waals surface area contributed by atoms with E-state index >= 15 is 0 Å². The van der Waals surface area contributed by atoms with Crippen LogP contribution in [0.25, 0.3) is 0 Å². The Morgan fingerprint density at radius 3 is 2.39 bits per heavy atom. The SMILES string of the molecule is O=C1[C@@H](N2CCC(c3ccc(O)cc3)C(O)C2)CCN1Cc1ccc(F)cc1. The van der Waals surface area contributed by atoms with Crippen LogP contribution in [-0.2, 0) is 11.3 Å². The number of aliphatic hydroxyl groups is 1. The normalized spacial score (nSPS) is 26.0. The minimum absolute atomic E-state index is 0.0173. The first-order valence-corrected chi connectivity index (χ1v) is 9.75. The van der Waals surface area contributed by atoms with Gasteiger partial charge >= 0.3 is 0 Å². The topological polar surface area (TPSA) is 64.0 Å². The zero-order valence-corrected chi connectivity index (χ0v) is 15.7. The number of aliphatic hydroxyl groups excluding tert-OH is 1. The summed E-state index contributed by atoms with van der Waals surface area (Å²) in [5.74, 6) is 0.0385. The van der Waals surface area contributed by atoms with Crippen LogP contribution in [0.2, 0.25) is 0 Å². The summed E-state index contributed by atoms with van der Waals surface area (Å²) in [4.78, 5) is 16.8. The zero-order valence-electron chi connectivity index (χ0n) is 15.7. The van der Waals surface area contributed by atoms with Gasteiger partial charge in [-0.25, -0.2) is 4.39 Å². The number of rotatable bonds is 4. The predicted octanol–water partition coefficient (Wildman–Crippen LogP) is 2.48. The van der Waals surface area contributed by atoms with Gasteiger partial charge in [-0.3, -0.25) is 9.69 Å². The number of halogens is 1. The highest BCUT2D eigenvalue weighted by Crippen LogP contribution is 2.32. The fourth-order valence-electron chi connectivity index (χ4n) is 4.38. The molecule has 2 heterocycles. The van der Waals surface area contributed by atoms with Crippen LogP contribution in [0.5, 0.6) is 5.75 Å². The number of aromatic hydroxyl groups is 1. The van der Waals surface area contributed by atoms with Gasteiger partial charge in [-0.15, -0.1) is 0 Å². The van der Waals surface area contributed by atoms with Crippen molar-refractivity contribution in [3.63, 3.8) is 0 Å². The summed E-state index contributed by atoms with van der Waals surface area (Å²) in [5, 5.41) is 20.1. The van der Waals surface area contributed by atoms with Crippen molar-refractivity contribution in [1.82, 2.24) is 9.80 Å². The smallest absolute Gasteiger partial charge is 0.240 e. The molecule has 2 aromatic rings. The molecule has 28 heavy (non-hydrogen) atoms. The van der Waals surface area contributed by atoms with Crippen LogP contribution in [0.4, 0.5) is 4.39 Å². The molecule has 148 valence electrons. The molecule has 0 aliphatic carbocycles. The zero-order chi connectivity index (χ0) is 19.7. The highest BCUT2D eigenvalue weighted by atomic mass is 19.1. The Hall–Kier alpha value is -2.44. The van der Waals surface area contributed by atoms with Crippen molar-refractivity contribution >= 4 is 5.91 Å². The van der Waals surface area contributed by atoms with Crippen molar-refractivity contribution in [2.75, 3.05) is 19.6 Å². The van der Waals surface area contributed by atoms with E-state index < -0.39 is 6.10 Å². The van der Waals surface area contributed by atoms with Gasteiger partial charge < -0.3 is 15.1 Å². The number of likely N-dealkylation sites (tertiary alicyclic amines) is 2. The van der Waals surface area contributed by atoms with Crippen LogP contribution >= 0.6 is 0 Å². The van der Waals surface area contributed by atoms with E-state index in [1.54, 1.807) is 24.3 Å². The Balaban J connectivity index is 1.37. The maximum Gasteiger partial charge on any atom is 0.240 e. The number of hydrogen-bond acceptors (Lipinski definition) is 4. The van der Waals surface area contributed by atoms with E-state index in [-0.39, 0.29) is 29.4 Å². The minimum atomic E-state index is -0.544. The summed E-state index contributed by atoms with van der Waals surface area (Å²) in [6, 6.07) is 13.0. The molecule has 2 aromatic carbocycles. The second-order valence-electron chi connectivity index (χ2n) is 7.74. The standard InChI is InChI=1S/C22H25FN2O3/c23-17-5-1-15(2-6-17)13-25-12-10-20(22(25)28)24-11-9-19(21(27)14-24)16-3-7-18(26)8-4-16/h1-8,19-21,26-27H,9-14H2/t19?,20-,21?/m0/s1. The van der Waals surface area contributed by atoms with E-state index in [2.05, 4.69) is 4.90 Å². The van der Waals surface area contributed by atoms with Crippen molar-refractivity contribution < 1.29 is 19.4 Å². The van der Waals surface area contributed by atoms with Crippen molar-refractivity contribution in [3.05, 3.63) is 65.5 Å². The summed E-state index contributed by atoms with van der Waals surface area (Å²) in [5.41, 5.74) is 1.93. The van der Waals surface area contributed by atoms with E-state index in [9.17, 15) is 19.4 Å². The summed E-state index contributed by atoms with van der Waals surface area (Å²) >= 11 is 0. The summed E-state index contributed by atoms with van der Waals surface area (Å²) in [6.07, 6.45) is 0.974. The van der Waals surface area contributed by atoms with Gasteiger partial charge in [-0.05, 0) is 54.8 Å². The number of amides is 1. The molecule has 0 radical (unpaired) electrons. The first-order chi connectivity index (χ1) is 13.5. The number of carbonyl (C=O) groups excluding carboxylic acids is 1. The number of piperidine rings is 1. The summed E-state index contributed by atoms with van der Waals surface area (Å²) < 4.78 is 13.1. The predicted molar refractivity (Wildman–Crippen MR) is 103 cm³/mol. The van der Waals surface area contributed by atoms with Gasteiger partial charge in [-0.1, -0.05) is 24.3 Å². The van der Waals surface area contributed by atoms with Gasteiger partial charge in [0.05, 0.1) is 12.1 Å². The second-order valence-corrected chi connectivity index (χ2v) is 7.74. The number of hydrogen-bond donors (Lipinski definition) is 2. The number of phenolic OH excluding ortho intramolecular Hbond substituents is 1. The lowest BCUT2D eigenvalue weighted by atomic mass is 9.86. The first kappa shape index (κ1) is 18.9. The van der Waals surface area contributed by atoms with Crippen LogP contribution in [0.15, 0.2) is 48.5 Å². The van der Waals surface area contributed by atoms with Crippen molar-refractivity contribution in [2.45, 2.75) is 37.5 Å². The maximum absolute atomic E-state index is 13.1. The molecule has 2 saturated heterocycles. The third-order valence-electron chi connectivity index (χ3n) is 5.93. The molecular weight excluding hydrogens is 359 g/mol. The molecule has 3 atom stereocenters. The Kier molecular flexibility index (Phi) is 5.33. The highest BCUT2D eigenvalue weighted by Gasteiger charge is 2.39. The maximum atomic E-state index is 13.1. The lowest BCUT2D eigenvalue weighted by Gasteiger charge is -2.38. The van der Waals surface area contributed by atoms with E-state index in [0.29, 0.717) is 19.6 Å². The Morgan fingerprint density at radius 2 is 1.71 bits per heavy atom. The lowest BCUT2D eigenvalue weighted by Crippen LogP contribution is -2.50. The van der Waals surface area contributed by atoms with Crippen molar-refractivity contribution in [2.24, 2.45) is 0 Å². The van der Waals surface area contributed by atoms with Gasteiger partial charge in [0.15, 0.2) is 0 Å². The average Bonchev–Trinajstić information content (AvgIpc) is 3.05. The quantitative estimate of drug-likeness (QED) is 0.850. The van der Waals surface area contributed by atoms with Gasteiger partial charge in [-0.2, -0.15) is 0 Å². The summed E-state index contributed by atoms with van der Waals surface area (Å²) in [6.45, 7) is 2.38. The van der Waals surface area contributed by atoms with Crippen LogP contribution in [0.3, 0.4) is 0 Å². The molecule has 0 aromatic heterocycles. The Morgan fingerprint density at radius 1 is 1.00 bits per heavy atom. The van der Waals surface area contributed by atoms with Gasteiger partial charge in [0.1, 0.15) is 11.6 Å². The molecule has 4 rings (SSSR count). The third kappa shape index (κ3) is 3.88. The van der Waals surface area contributed by atoms with E-state index in [1.807, 2.05) is 17.0 Å². The summed E-state index contributed by atoms with van der Waals surface area (Å²) in [7, 11) is 0. The number of benzene rings is 2. The Bertz CT molecular complexity index is 825. The van der Waals surface area contributed by atoms with Gasteiger partial charge in [0.2, 0.25) is 5.91 Å². The highest BCUT2D eigenvalue weighted by molar-refractivity contribution is 5.84. The fourth-order valence-corrected chi connectivity index (χ4v) is 4.38. The van der Waals surface area contributed by atoms with Crippen LogP contribution in [0, 0.1) is 5.82 Å². The van der Waals surface area contributed by atoms with Crippen LogP contribution in [-0.4, -0.2) is 57.7 Å². The Labute approximate surface area is 164 Å². The van der Waals surface area contributed by atoms with Gasteiger partial charge in [0.25, 0.3) is 0 Å². The molecule has 0 spiro atoms. The molecule has 6 heteroatoms. The first-order valence-electron chi connectivity index (χ1n) is 9.75. The number of phenols is 1. The minimum Gasteiger partial charge on any atom is -0.508 e. The average molecular weight is 384 g/mol. The van der Waals surface area contributed by atoms with Crippen molar-refractivity contribution in [3.8, 4) is 5.75 Å². The van der Waals surface area contributed by atoms with E-state index in [4.69, 9.17) is 0 Å². The number of β-amino-alcohol motifs (C(OH)–C–C–N with tert-alkyl or cyclic N) is 1. The monoisotopic (exact) mass is 384 g/mol. The number of nitrogens with zero attached hydrogens (tertiary/aromatic N) is 2. The van der Waals surface area contributed by atoms with Crippen LogP contribution < -0.4 is 0 Å². The lowest BCUT2D eigenvalue weighted by molar-refractivity contribution is -0.133. The van der Waals surface area contributed by atoms with E-state index in [0.717, 1.165) is 30.5 Å². The molecule has 5 nitrogen and oxygen atoms in total. The number of carbonyl (C=O) groups is 1. The van der Waals surface area contributed by atoms with Gasteiger partial charge in [0, 0.05) is 25.6 Å².